The van der Waals surface area contributed by atoms with Crippen molar-refractivity contribution in [1.82, 2.24) is 10.2 Å². The summed E-state index contributed by atoms with van der Waals surface area (Å²) >= 11 is 0. The first-order valence-corrected chi connectivity index (χ1v) is 7.89. The molecule has 0 heterocycles. The van der Waals surface area contributed by atoms with Crippen LogP contribution in [-0.2, 0) is 16.1 Å². The van der Waals surface area contributed by atoms with Gasteiger partial charge in [0.25, 0.3) is 0 Å². The Morgan fingerprint density at radius 2 is 2.00 bits per heavy atom. The van der Waals surface area contributed by atoms with E-state index in [2.05, 4.69) is 5.32 Å². The lowest BCUT2D eigenvalue weighted by atomic mass is 10.1. The molecule has 0 bridgehead atoms. The molecule has 1 aromatic rings. The first kappa shape index (κ1) is 16.5. The zero-order valence-corrected chi connectivity index (χ0v) is 13.1. The largest absolute Gasteiger partial charge is 0.352 e. The van der Waals surface area contributed by atoms with Crippen molar-refractivity contribution in [3.8, 4) is 0 Å². The monoisotopic (exact) mass is 303 g/mol. The first-order chi connectivity index (χ1) is 10.6. The first-order valence-electron chi connectivity index (χ1n) is 7.89. The average molecular weight is 303 g/mol. The van der Waals surface area contributed by atoms with E-state index >= 15 is 0 Å². The number of rotatable bonds is 8. The topological polar surface area (TPSA) is 75.4 Å². The molecule has 3 N–H and O–H groups in total. The highest BCUT2D eigenvalue weighted by Crippen LogP contribution is 2.32. The third-order valence-corrected chi connectivity index (χ3v) is 4.06. The van der Waals surface area contributed by atoms with Crippen LogP contribution in [0.3, 0.4) is 0 Å². The molecular weight excluding hydrogens is 278 g/mol. The maximum atomic E-state index is 12.0. The van der Waals surface area contributed by atoms with Gasteiger partial charge in [-0.25, -0.2) is 0 Å². The van der Waals surface area contributed by atoms with Crippen LogP contribution < -0.4 is 11.1 Å². The van der Waals surface area contributed by atoms with Crippen molar-refractivity contribution >= 4 is 11.8 Å². The van der Waals surface area contributed by atoms with Gasteiger partial charge in [0, 0.05) is 39.0 Å². The Labute approximate surface area is 131 Å². The molecule has 1 unspecified atom stereocenters. The Kier molecular flexibility index (Phi) is 5.95. The Morgan fingerprint density at radius 3 is 2.55 bits per heavy atom. The smallest absolute Gasteiger partial charge is 0.222 e. The van der Waals surface area contributed by atoms with E-state index in [1.807, 2.05) is 30.3 Å². The Bertz CT molecular complexity index is 500. The van der Waals surface area contributed by atoms with Crippen molar-refractivity contribution in [1.29, 1.82) is 0 Å². The van der Waals surface area contributed by atoms with Crippen LogP contribution in [0.15, 0.2) is 30.3 Å². The number of benzene rings is 1. The van der Waals surface area contributed by atoms with Gasteiger partial charge >= 0.3 is 0 Å². The molecule has 0 spiro atoms. The second-order valence-electron chi connectivity index (χ2n) is 5.92. The number of nitrogens with one attached hydrogen (secondary N) is 1. The summed E-state index contributed by atoms with van der Waals surface area (Å²) in [5.41, 5.74) is 6.75. The summed E-state index contributed by atoms with van der Waals surface area (Å²) in [5, 5.41) is 2.98. The lowest BCUT2D eigenvalue weighted by Gasteiger charge is -2.22. The predicted octanol–water partition coefficient (Wildman–Crippen LogP) is 1.28. The van der Waals surface area contributed by atoms with Gasteiger partial charge in [0.1, 0.15) is 0 Å². The van der Waals surface area contributed by atoms with Gasteiger partial charge in [-0.15, -0.1) is 0 Å². The van der Waals surface area contributed by atoms with E-state index in [1.54, 1.807) is 4.90 Å². The van der Waals surface area contributed by atoms with Gasteiger partial charge in [-0.2, -0.15) is 0 Å². The van der Waals surface area contributed by atoms with Gasteiger partial charge in [0.2, 0.25) is 11.8 Å². The normalized spacial score (nSPS) is 15.2. The molecule has 0 aliphatic heterocycles. The lowest BCUT2D eigenvalue weighted by Crippen LogP contribution is -2.43. The van der Waals surface area contributed by atoms with E-state index in [-0.39, 0.29) is 17.9 Å². The molecule has 5 nitrogen and oxygen atoms in total. The molecule has 1 aliphatic carbocycles. The van der Waals surface area contributed by atoms with Gasteiger partial charge in [0.15, 0.2) is 0 Å². The fourth-order valence-electron chi connectivity index (χ4n) is 2.53. The number of hydrogen-bond donors (Lipinski definition) is 2. The van der Waals surface area contributed by atoms with Crippen LogP contribution in [0.2, 0.25) is 0 Å². The molecule has 1 fully saturated rings. The van der Waals surface area contributed by atoms with Crippen molar-refractivity contribution in [3.05, 3.63) is 35.9 Å². The molecule has 0 radical (unpaired) electrons. The molecular formula is C17H25N3O2. The number of carbonyl (C=O) groups is 2. The molecule has 120 valence electrons. The van der Waals surface area contributed by atoms with Crippen LogP contribution in [0.25, 0.3) is 0 Å². The zero-order chi connectivity index (χ0) is 15.9. The highest BCUT2D eigenvalue weighted by molar-refractivity contribution is 5.78. The summed E-state index contributed by atoms with van der Waals surface area (Å²) in [6, 6.07) is 9.89. The van der Waals surface area contributed by atoms with Crippen LogP contribution in [0.4, 0.5) is 0 Å². The van der Waals surface area contributed by atoms with Crippen LogP contribution in [-0.4, -0.2) is 35.8 Å². The van der Waals surface area contributed by atoms with Crippen LogP contribution in [0.1, 0.15) is 31.7 Å². The van der Waals surface area contributed by atoms with E-state index in [9.17, 15) is 9.59 Å². The van der Waals surface area contributed by atoms with Crippen molar-refractivity contribution in [2.75, 3.05) is 13.1 Å². The summed E-state index contributed by atoms with van der Waals surface area (Å²) in [6.07, 6.45) is 2.61. The SMILES string of the molecule is CC(=O)N(CCC(=O)NC(CN)C1CC1)Cc1ccccc1. The van der Waals surface area contributed by atoms with E-state index in [4.69, 9.17) is 5.73 Å². The van der Waals surface area contributed by atoms with Crippen molar-refractivity contribution in [3.63, 3.8) is 0 Å². The molecule has 2 amide bonds. The molecule has 1 aliphatic rings. The third-order valence-electron chi connectivity index (χ3n) is 4.06. The molecule has 0 saturated heterocycles. The minimum absolute atomic E-state index is 0.0192. The van der Waals surface area contributed by atoms with E-state index in [1.165, 1.54) is 6.92 Å². The number of carbonyl (C=O) groups excluding carboxylic acids is 2. The van der Waals surface area contributed by atoms with Crippen LogP contribution >= 0.6 is 0 Å². The van der Waals surface area contributed by atoms with Crippen LogP contribution in [0.5, 0.6) is 0 Å². The minimum atomic E-state index is -0.0262. The minimum Gasteiger partial charge on any atom is -0.352 e. The van der Waals surface area contributed by atoms with Gasteiger partial charge in [0.05, 0.1) is 0 Å². The Morgan fingerprint density at radius 1 is 1.32 bits per heavy atom. The van der Waals surface area contributed by atoms with Crippen molar-refractivity contribution in [2.45, 2.75) is 38.8 Å². The van der Waals surface area contributed by atoms with Gasteiger partial charge in [-0.3, -0.25) is 9.59 Å². The molecule has 1 saturated carbocycles. The quantitative estimate of drug-likeness (QED) is 0.759. The molecule has 22 heavy (non-hydrogen) atoms. The maximum absolute atomic E-state index is 12.0. The van der Waals surface area contributed by atoms with Gasteiger partial charge in [-0.05, 0) is 24.3 Å². The molecule has 2 rings (SSSR count). The number of amides is 2. The van der Waals surface area contributed by atoms with E-state index in [0.717, 1.165) is 18.4 Å². The van der Waals surface area contributed by atoms with E-state index < -0.39 is 0 Å². The standard InChI is InChI=1S/C17H25N3O2/c1-13(21)20(12-14-5-3-2-4-6-14)10-9-17(22)19-16(11-18)15-7-8-15/h2-6,15-16H,7-12,18H2,1H3,(H,19,22). The summed E-state index contributed by atoms with van der Waals surface area (Å²) in [7, 11) is 0. The Hall–Kier alpha value is -1.88. The predicted molar refractivity (Wildman–Crippen MR) is 85.9 cm³/mol. The highest BCUT2D eigenvalue weighted by Gasteiger charge is 2.31. The molecule has 5 heteroatoms. The average Bonchev–Trinajstić information content (AvgIpc) is 3.34. The summed E-state index contributed by atoms with van der Waals surface area (Å²) in [5.74, 6) is 0.498. The maximum Gasteiger partial charge on any atom is 0.222 e. The fourth-order valence-corrected chi connectivity index (χ4v) is 2.53. The lowest BCUT2D eigenvalue weighted by molar-refractivity contribution is -0.130. The van der Waals surface area contributed by atoms with Gasteiger partial charge < -0.3 is 16.0 Å². The molecule has 1 aromatic carbocycles. The summed E-state index contributed by atoms with van der Waals surface area (Å²) < 4.78 is 0. The number of hydrogen-bond acceptors (Lipinski definition) is 3. The Balaban J connectivity index is 1.80. The second kappa shape index (κ2) is 7.94. The van der Waals surface area contributed by atoms with Crippen molar-refractivity contribution < 1.29 is 9.59 Å². The fraction of sp³-hybridized carbons (Fsp3) is 0.529. The van der Waals surface area contributed by atoms with Crippen molar-refractivity contribution in [2.24, 2.45) is 11.7 Å². The zero-order valence-electron chi connectivity index (χ0n) is 13.1. The third kappa shape index (κ3) is 5.15. The van der Waals surface area contributed by atoms with Gasteiger partial charge in [-0.1, -0.05) is 30.3 Å². The highest BCUT2D eigenvalue weighted by atomic mass is 16.2. The molecule has 0 aromatic heterocycles. The molecule has 1 atom stereocenters. The van der Waals surface area contributed by atoms with E-state index in [0.29, 0.717) is 32.0 Å². The number of nitrogens with zero attached hydrogens (tertiary/aromatic N) is 1. The summed E-state index contributed by atoms with van der Waals surface area (Å²) in [6.45, 7) is 2.98. The van der Waals surface area contributed by atoms with Crippen LogP contribution in [0, 0.1) is 5.92 Å². The number of nitrogens with two attached hydrogens (primary N) is 1. The summed E-state index contributed by atoms with van der Waals surface area (Å²) in [4.78, 5) is 25.4. The second-order valence-corrected chi connectivity index (χ2v) is 5.92.